The standard InChI is InChI=1S/C14H11Br2NO2/c15-9-3-8-2-1-7-4-10(18)5-11(16)12(7)14(19)13(8)17-6-9/h3-6,14,18-19H,1-2H2. The topological polar surface area (TPSA) is 53.4 Å². The molecule has 98 valence electrons. The average molecular weight is 385 g/mol. The van der Waals surface area contributed by atoms with Crippen molar-refractivity contribution in [1.29, 1.82) is 0 Å². The number of aromatic hydroxyl groups is 1. The van der Waals surface area contributed by atoms with E-state index < -0.39 is 6.10 Å². The fourth-order valence-corrected chi connectivity index (χ4v) is 3.60. The summed E-state index contributed by atoms with van der Waals surface area (Å²) < 4.78 is 1.62. The average Bonchev–Trinajstić information content (AvgIpc) is 2.47. The van der Waals surface area contributed by atoms with Gasteiger partial charge in [0.05, 0.1) is 5.69 Å². The number of hydrogen-bond donors (Lipinski definition) is 2. The molecule has 1 aromatic carbocycles. The summed E-state index contributed by atoms with van der Waals surface area (Å²) in [6.07, 6.45) is 2.49. The van der Waals surface area contributed by atoms with E-state index in [9.17, 15) is 10.2 Å². The summed E-state index contributed by atoms with van der Waals surface area (Å²) in [7, 11) is 0. The van der Waals surface area contributed by atoms with E-state index >= 15 is 0 Å². The van der Waals surface area contributed by atoms with Crippen molar-refractivity contribution in [1.82, 2.24) is 4.98 Å². The Hall–Kier alpha value is -0.910. The summed E-state index contributed by atoms with van der Waals surface area (Å²) in [6.45, 7) is 0. The van der Waals surface area contributed by atoms with Crippen molar-refractivity contribution in [2.45, 2.75) is 18.9 Å². The Kier molecular flexibility index (Phi) is 3.37. The van der Waals surface area contributed by atoms with Gasteiger partial charge in [0.15, 0.2) is 0 Å². The summed E-state index contributed by atoms with van der Waals surface area (Å²) in [6, 6.07) is 5.31. The number of phenols is 1. The third-order valence-electron chi connectivity index (χ3n) is 3.36. The molecule has 5 heteroatoms. The van der Waals surface area contributed by atoms with Crippen LogP contribution in [0.15, 0.2) is 33.3 Å². The van der Waals surface area contributed by atoms with Gasteiger partial charge in [-0.05, 0) is 58.1 Å². The molecule has 0 spiro atoms. The molecule has 0 fully saturated rings. The largest absolute Gasteiger partial charge is 0.508 e. The van der Waals surface area contributed by atoms with Crippen molar-refractivity contribution >= 4 is 31.9 Å². The predicted molar refractivity (Wildman–Crippen MR) is 79.2 cm³/mol. The van der Waals surface area contributed by atoms with Gasteiger partial charge in [-0.15, -0.1) is 0 Å². The van der Waals surface area contributed by atoms with Gasteiger partial charge in [0, 0.05) is 20.7 Å². The highest BCUT2D eigenvalue weighted by atomic mass is 79.9. The molecule has 2 aromatic rings. The van der Waals surface area contributed by atoms with Gasteiger partial charge in [-0.1, -0.05) is 15.9 Å². The Morgan fingerprint density at radius 3 is 2.63 bits per heavy atom. The summed E-state index contributed by atoms with van der Waals surface area (Å²) in [5, 5.41) is 20.2. The first-order valence-electron chi connectivity index (χ1n) is 5.90. The van der Waals surface area contributed by atoms with E-state index in [2.05, 4.69) is 36.8 Å². The number of nitrogens with zero attached hydrogens (tertiary/aromatic N) is 1. The van der Waals surface area contributed by atoms with Crippen LogP contribution in [0.3, 0.4) is 0 Å². The van der Waals surface area contributed by atoms with Crippen LogP contribution in [0.2, 0.25) is 0 Å². The Balaban J connectivity index is 2.20. The van der Waals surface area contributed by atoms with Crippen LogP contribution in [-0.4, -0.2) is 15.2 Å². The molecule has 0 aliphatic heterocycles. The van der Waals surface area contributed by atoms with Gasteiger partial charge in [0.2, 0.25) is 0 Å². The second kappa shape index (κ2) is 4.89. The van der Waals surface area contributed by atoms with Crippen molar-refractivity contribution in [3.8, 4) is 5.75 Å². The van der Waals surface area contributed by atoms with Crippen LogP contribution in [0.1, 0.15) is 28.5 Å². The minimum atomic E-state index is -0.768. The van der Waals surface area contributed by atoms with E-state index in [1.807, 2.05) is 6.07 Å². The van der Waals surface area contributed by atoms with Crippen molar-refractivity contribution in [3.63, 3.8) is 0 Å². The first kappa shape index (κ1) is 13.1. The zero-order valence-corrected chi connectivity index (χ0v) is 13.1. The number of halogens is 2. The Labute approximate surface area is 127 Å². The van der Waals surface area contributed by atoms with Crippen LogP contribution in [0, 0.1) is 0 Å². The number of benzene rings is 1. The molecule has 1 unspecified atom stereocenters. The molecule has 3 rings (SSSR count). The van der Waals surface area contributed by atoms with Crippen molar-refractivity contribution in [2.75, 3.05) is 0 Å². The fourth-order valence-electron chi connectivity index (χ4n) is 2.52. The van der Waals surface area contributed by atoms with E-state index in [-0.39, 0.29) is 5.75 Å². The molecule has 19 heavy (non-hydrogen) atoms. The Morgan fingerprint density at radius 2 is 1.84 bits per heavy atom. The lowest BCUT2D eigenvalue weighted by Crippen LogP contribution is -2.06. The molecule has 1 aliphatic carbocycles. The summed E-state index contributed by atoms with van der Waals surface area (Å²) in [4.78, 5) is 4.34. The summed E-state index contributed by atoms with van der Waals surface area (Å²) >= 11 is 6.82. The third-order valence-corrected chi connectivity index (χ3v) is 4.45. The number of rotatable bonds is 0. The fraction of sp³-hybridized carbons (Fsp3) is 0.214. The first-order valence-corrected chi connectivity index (χ1v) is 7.48. The van der Waals surface area contributed by atoms with Gasteiger partial charge in [-0.25, -0.2) is 0 Å². The quantitative estimate of drug-likeness (QED) is 0.730. The lowest BCUT2D eigenvalue weighted by Gasteiger charge is -2.15. The number of aliphatic hydroxyl groups is 1. The van der Waals surface area contributed by atoms with Crippen molar-refractivity contribution in [2.24, 2.45) is 0 Å². The third kappa shape index (κ3) is 2.30. The van der Waals surface area contributed by atoms with Crippen LogP contribution >= 0.6 is 31.9 Å². The molecule has 3 nitrogen and oxygen atoms in total. The molecule has 0 radical (unpaired) electrons. The van der Waals surface area contributed by atoms with Gasteiger partial charge in [0.25, 0.3) is 0 Å². The number of pyridine rings is 1. The van der Waals surface area contributed by atoms with E-state index in [0.717, 1.165) is 34.0 Å². The minimum Gasteiger partial charge on any atom is -0.508 e. The number of aryl methyl sites for hydroxylation is 2. The zero-order chi connectivity index (χ0) is 13.6. The monoisotopic (exact) mass is 383 g/mol. The molecule has 1 atom stereocenters. The van der Waals surface area contributed by atoms with E-state index in [4.69, 9.17) is 0 Å². The van der Waals surface area contributed by atoms with Gasteiger partial charge in [0.1, 0.15) is 11.9 Å². The lowest BCUT2D eigenvalue weighted by molar-refractivity contribution is 0.213. The maximum absolute atomic E-state index is 10.6. The molecule has 2 N–H and O–H groups in total. The molecule has 1 heterocycles. The van der Waals surface area contributed by atoms with E-state index in [1.54, 1.807) is 18.3 Å². The highest BCUT2D eigenvalue weighted by Gasteiger charge is 2.25. The molecule has 1 aliphatic rings. The molecule has 1 aromatic heterocycles. The minimum absolute atomic E-state index is 0.206. The highest BCUT2D eigenvalue weighted by molar-refractivity contribution is 9.10. The lowest BCUT2D eigenvalue weighted by atomic mass is 10.0. The second-order valence-electron chi connectivity index (χ2n) is 4.60. The molecule has 0 saturated heterocycles. The van der Waals surface area contributed by atoms with Gasteiger partial charge >= 0.3 is 0 Å². The predicted octanol–water partition coefficient (Wildman–Crippen LogP) is 3.49. The van der Waals surface area contributed by atoms with Crippen LogP contribution in [-0.2, 0) is 12.8 Å². The molecular weight excluding hydrogens is 374 g/mol. The molecular formula is C14H11Br2NO2. The summed E-state index contributed by atoms with van der Waals surface area (Å²) in [5.41, 5.74) is 3.47. The number of aromatic nitrogens is 1. The van der Waals surface area contributed by atoms with Gasteiger partial charge in [-0.3, -0.25) is 4.98 Å². The van der Waals surface area contributed by atoms with Gasteiger partial charge in [-0.2, -0.15) is 0 Å². The second-order valence-corrected chi connectivity index (χ2v) is 6.37. The molecule has 0 saturated carbocycles. The number of fused-ring (bicyclic) bond motifs is 2. The van der Waals surface area contributed by atoms with Crippen LogP contribution in [0.5, 0.6) is 5.75 Å². The SMILES string of the molecule is Oc1cc(Br)c2c(c1)CCc1cc(Br)cnc1C2O. The molecule has 0 amide bonds. The first-order chi connectivity index (χ1) is 9.06. The number of aliphatic hydroxyl groups excluding tert-OH is 1. The Bertz CT molecular complexity index is 658. The normalized spacial score (nSPS) is 17.5. The van der Waals surface area contributed by atoms with Crippen LogP contribution in [0.25, 0.3) is 0 Å². The van der Waals surface area contributed by atoms with Crippen molar-refractivity contribution < 1.29 is 10.2 Å². The van der Waals surface area contributed by atoms with E-state index in [1.165, 1.54) is 0 Å². The van der Waals surface area contributed by atoms with Crippen molar-refractivity contribution in [3.05, 3.63) is 55.7 Å². The van der Waals surface area contributed by atoms with Crippen LogP contribution in [0.4, 0.5) is 0 Å². The Morgan fingerprint density at radius 1 is 1.11 bits per heavy atom. The van der Waals surface area contributed by atoms with E-state index in [0.29, 0.717) is 10.2 Å². The zero-order valence-electron chi connectivity index (χ0n) is 9.90. The molecule has 0 bridgehead atoms. The maximum Gasteiger partial charge on any atom is 0.123 e. The highest BCUT2D eigenvalue weighted by Crippen LogP contribution is 2.38. The maximum atomic E-state index is 10.6. The summed E-state index contributed by atoms with van der Waals surface area (Å²) in [5.74, 6) is 0.206. The smallest absolute Gasteiger partial charge is 0.123 e. The number of phenolic OH excluding ortho intramolecular Hbond substituents is 1. The van der Waals surface area contributed by atoms with Gasteiger partial charge < -0.3 is 10.2 Å². The number of hydrogen-bond acceptors (Lipinski definition) is 3. The van der Waals surface area contributed by atoms with Crippen LogP contribution < -0.4 is 0 Å².